The Bertz CT molecular complexity index is 413. The van der Waals surface area contributed by atoms with Crippen molar-refractivity contribution in [2.24, 2.45) is 0 Å². The average Bonchev–Trinajstić information content (AvgIpc) is 2.42. The Labute approximate surface area is 113 Å². The summed E-state index contributed by atoms with van der Waals surface area (Å²) in [6.45, 7) is 6.58. The predicted molar refractivity (Wildman–Crippen MR) is 73.7 cm³/mol. The van der Waals surface area contributed by atoms with Crippen molar-refractivity contribution in [1.29, 1.82) is 0 Å². The van der Waals surface area contributed by atoms with E-state index in [0.717, 1.165) is 39.1 Å². The molecule has 0 bridgehead atoms. The second-order valence-electron chi connectivity index (χ2n) is 4.77. The lowest BCUT2D eigenvalue weighted by Crippen LogP contribution is -2.50. The third-order valence-corrected chi connectivity index (χ3v) is 3.29. The van der Waals surface area contributed by atoms with Gasteiger partial charge in [-0.1, -0.05) is 6.92 Å². The number of amides is 2. The van der Waals surface area contributed by atoms with Crippen LogP contribution in [0, 0.1) is 5.82 Å². The van der Waals surface area contributed by atoms with Gasteiger partial charge in [0.2, 0.25) is 0 Å². The van der Waals surface area contributed by atoms with Crippen molar-refractivity contribution in [3.63, 3.8) is 0 Å². The standard InChI is InChI=1S/C14H20FN3O/c1-2-7-17-8-10-18(11-9-17)14(19)16-13-5-3-12(15)4-6-13/h3-6H,2,7-11H2,1H3,(H,16,19). The molecule has 0 aliphatic carbocycles. The number of hydrogen-bond donors (Lipinski definition) is 1. The summed E-state index contributed by atoms with van der Waals surface area (Å²) >= 11 is 0. The lowest BCUT2D eigenvalue weighted by atomic mass is 10.3. The van der Waals surface area contributed by atoms with E-state index < -0.39 is 0 Å². The predicted octanol–water partition coefficient (Wildman–Crippen LogP) is 2.39. The lowest BCUT2D eigenvalue weighted by molar-refractivity contribution is 0.147. The van der Waals surface area contributed by atoms with Crippen LogP contribution in [0.15, 0.2) is 24.3 Å². The Balaban J connectivity index is 1.83. The number of urea groups is 1. The molecule has 2 rings (SSSR count). The molecule has 1 aliphatic rings. The minimum atomic E-state index is -0.300. The summed E-state index contributed by atoms with van der Waals surface area (Å²) in [4.78, 5) is 16.2. The van der Waals surface area contributed by atoms with Crippen LogP contribution in [0.1, 0.15) is 13.3 Å². The maximum absolute atomic E-state index is 12.8. The number of benzene rings is 1. The first-order chi connectivity index (χ1) is 9.19. The monoisotopic (exact) mass is 265 g/mol. The summed E-state index contributed by atoms with van der Waals surface area (Å²) in [5.41, 5.74) is 0.627. The summed E-state index contributed by atoms with van der Waals surface area (Å²) in [7, 11) is 0. The number of nitrogens with one attached hydrogen (secondary N) is 1. The molecule has 2 amide bonds. The molecule has 0 radical (unpaired) electrons. The van der Waals surface area contributed by atoms with Gasteiger partial charge in [-0.15, -0.1) is 0 Å². The second-order valence-corrected chi connectivity index (χ2v) is 4.77. The molecule has 1 N–H and O–H groups in total. The Hall–Kier alpha value is -1.62. The van der Waals surface area contributed by atoms with Gasteiger partial charge in [0.05, 0.1) is 0 Å². The van der Waals surface area contributed by atoms with E-state index >= 15 is 0 Å². The van der Waals surface area contributed by atoms with E-state index in [1.807, 2.05) is 0 Å². The molecule has 1 saturated heterocycles. The highest BCUT2D eigenvalue weighted by Gasteiger charge is 2.20. The number of carbonyl (C=O) groups excluding carboxylic acids is 1. The van der Waals surface area contributed by atoms with Crippen LogP contribution in [0.5, 0.6) is 0 Å². The van der Waals surface area contributed by atoms with Crippen molar-refractivity contribution in [1.82, 2.24) is 9.80 Å². The van der Waals surface area contributed by atoms with Crippen LogP contribution in [-0.4, -0.2) is 48.6 Å². The number of halogens is 1. The first-order valence-electron chi connectivity index (χ1n) is 6.73. The van der Waals surface area contributed by atoms with Gasteiger partial charge in [-0.05, 0) is 37.2 Å². The molecule has 0 spiro atoms. The summed E-state index contributed by atoms with van der Waals surface area (Å²) < 4.78 is 12.8. The fourth-order valence-electron chi connectivity index (χ4n) is 2.23. The number of piperazine rings is 1. The van der Waals surface area contributed by atoms with Crippen molar-refractivity contribution < 1.29 is 9.18 Å². The van der Waals surface area contributed by atoms with Gasteiger partial charge in [0, 0.05) is 31.9 Å². The van der Waals surface area contributed by atoms with E-state index in [0.29, 0.717) is 5.69 Å². The summed E-state index contributed by atoms with van der Waals surface area (Å²) in [5, 5.41) is 2.79. The van der Waals surface area contributed by atoms with E-state index in [1.165, 1.54) is 12.1 Å². The van der Waals surface area contributed by atoms with Gasteiger partial charge >= 0.3 is 6.03 Å². The molecule has 4 nitrogen and oxygen atoms in total. The van der Waals surface area contributed by atoms with E-state index in [4.69, 9.17) is 0 Å². The first kappa shape index (κ1) is 13.8. The van der Waals surface area contributed by atoms with Gasteiger partial charge in [-0.25, -0.2) is 9.18 Å². The number of carbonyl (C=O) groups is 1. The van der Waals surface area contributed by atoms with Crippen molar-refractivity contribution in [2.45, 2.75) is 13.3 Å². The largest absolute Gasteiger partial charge is 0.322 e. The van der Waals surface area contributed by atoms with E-state index in [1.54, 1.807) is 17.0 Å². The number of nitrogens with zero attached hydrogens (tertiary/aromatic N) is 2. The minimum Gasteiger partial charge on any atom is -0.322 e. The summed E-state index contributed by atoms with van der Waals surface area (Å²) in [6.07, 6.45) is 1.14. The van der Waals surface area contributed by atoms with Gasteiger partial charge in [0.1, 0.15) is 5.82 Å². The normalized spacial score (nSPS) is 16.4. The van der Waals surface area contributed by atoms with E-state index in [-0.39, 0.29) is 11.8 Å². The second kappa shape index (κ2) is 6.52. The third-order valence-electron chi connectivity index (χ3n) is 3.29. The van der Waals surface area contributed by atoms with Crippen molar-refractivity contribution in [2.75, 3.05) is 38.0 Å². The topological polar surface area (TPSA) is 35.6 Å². The molecule has 0 aromatic heterocycles. The first-order valence-corrected chi connectivity index (χ1v) is 6.73. The third kappa shape index (κ3) is 3.92. The number of anilines is 1. The molecule has 1 heterocycles. The highest BCUT2D eigenvalue weighted by Crippen LogP contribution is 2.10. The molecule has 19 heavy (non-hydrogen) atoms. The fourth-order valence-corrected chi connectivity index (χ4v) is 2.23. The zero-order chi connectivity index (χ0) is 13.7. The number of hydrogen-bond acceptors (Lipinski definition) is 2. The van der Waals surface area contributed by atoms with Gasteiger partial charge < -0.3 is 10.2 Å². The van der Waals surface area contributed by atoms with Crippen LogP contribution >= 0.6 is 0 Å². The molecule has 0 atom stereocenters. The highest BCUT2D eigenvalue weighted by molar-refractivity contribution is 5.89. The maximum Gasteiger partial charge on any atom is 0.321 e. The molecule has 5 heteroatoms. The zero-order valence-corrected chi connectivity index (χ0v) is 11.2. The summed E-state index contributed by atoms with van der Waals surface area (Å²) in [6, 6.07) is 5.72. The zero-order valence-electron chi connectivity index (χ0n) is 11.2. The Morgan fingerprint density at radius 3 is 2.42 bits per heavy atom. The highest BCUT2D eigenvalue weighted by atomic mass is 19.1. The van der Waals surface area contributed by atoms with Gasteiger partial charge in [0.25, 0.3) is 0 Å². The van der Waals surface area contributed by atoms with Gasteiger partial charge in [-0.3, -0.25) is 4.90 Å². The molecular formula is C14H20FN3O. The lowest BCUT2D eigenvalue weighted by Gasteiger charge is -2.34. The van der Waals surface area contributed by atoms with Crippen LogP contribution < -0.4 is 5.32 Å². The molecule has 1 fully saturated rings. The maximum atomic E-state index is 12.8. The van der Waals surface area contributed by atoms with Crippen LogP contribution in [0.25, 0.3) is 0 Å². The quantitative estimate of drug-likeness (QED) is 0.910. The molecule has 1 aromatic carbocycles. The average molecular weight is 265 g/mol. The smallest absolute Gasteiger partial charge is 0.321 e. The van der Waals surface area contributed by atoms with Crippen molar-refractivity contribution in [3.8, 4) is 0 Å². The van der Waals surface area contributed by atoms with Crippen molar-refractivity contribution >= 4 is 11.7 Å². The van der Waals surface area contributed by atoms with Crippen LogP contribution in [0.2, 0.25) is 0 Å². The van der Waals surface area contributed by atoms with Crippen LogP contribution in [0.3, 0.4) is 0 Å². The summed E-state index contributed by atoms with van der Waals surface area (Å²) in [5.74, 6) is -0.300. The fraction of sp³-hybridized carbons (Fsp3) is 0.500. The Morgan fingerprint density at radius 2 is 1.84 bits per heavy atom. The van der Waals surface area contributed by atoms with E-state index in [9.17, 15) is 9.18 Å². The minimum absolute atomic E-state index is 0.109. The SMILES string of the molecule is CCCN1CCN(C(=O)Nc2ccc(F)cc2)CC1. The van der Waals surface area contributed by atoms with Crippen LogP contribution in [-0.2, 0) is 0 Å². The van der Waals surface area contributed by atoms with E-state index in [2.05, 4.69) is 17.1 Å². The number of rotatable bonds is 3. The molecule has 0 saturated carbocycles. The van der Waals surface area contributed by atoms with Crippen LogP contribution in [0.4, 0.5) is 14.9 Å². The van der Waals surface area contributed by atoms with Gasteiger partial charge in [-0.2, -0.15) is 0 Å². The molecular weight excluding hydrogens is 245 g/mol. The molecule has 1 aliphatic heterocycles. The molecule has 104 valence electrons. The molecule has 0 unspecified atom stereocenters. The Morgan fingerprint density at radius 1 is 1.21 bits per heavy atom. The van der Waals surface area contributed by atoms with Gasteiger partial charge in [0.15, 0.2) is 0 Å². The Kier molecular flexibility index (Phi) is 4.74. The van der Waals surface area contributed by atoms with Crippen molar-refractivity contribution in [3.05, 3.63) is 30.1 Å². The molecule has 1 aromatic rings.